The number of carbonyl (C=O) groups excluding carboxylic acids is 2. The van der Waals surface area contributed by atoms with Crippen molar-refractivity contribution in [3.05, 3.63) is 50.5 Å². The number of non-ortho nitro benzene ring substituents is 1. The van der Waals surface area contributed by atoms with Crippen molar-refractivity contribution in [2.75, 3.05) is 12.4 Å². The summed E-state index contributed by atoms with van der Waals surface area (Å²) in [7, 11) is 1.15. The molecule has 0 atom stereocenters. The number of benzene rings is 1. The Morgan fingerprint density at radius 1 is 1.32 bits per heavy atom. The number of hydrogen-bond acceptors (Lipinski definition) is 7. The van der Waals surface area contributed by atoms with Crippen LogP contribution in [0, 0.1) is 17.0 Å². The summed E-state index contributed by atoms with van der Waals surface area (Å²) in [6, 6.07) is 3.37. The number of amides is 1. The molecule has 0 spiro atoms. The number of carbonyl (C=O) groups is 2. The van der Waals surface area contributed by atoms with Crippen molar-refractivity contribution in [1.29, 1.82) is 0 Å². The molecule has 9 heteroatoms. The van der Waals surface area contributed by atoms with Crippen LogP contribution in [0.4, 0.5) is 10.8 Å². The molecule has 8 nitrogen and oxygen atoms in total. The van der Waals surface area contributed by atoms with E-state index in [2.05, 4.69) is 15.0 Å². The number of nitrogens with zero attached hydrogens (tertiary/aromatic N) is 2. The third-order valence-corrected chi connectivity index (χ3v) is 3.48. The standard InChI is InChI=1S/C13H11N3O5S/c1-7-6-14-13(22-7)15-11(17)8-3-9(12(18)21-2)5-10(4-8)16(19)20/h3-6H,1-2H3,(H,14,15,17). The van der Waals surface area contributed by atoms with Gasteiger partial charge >= 0.3 is 5.97 Å². The van der Waals surface area contributed by atoms with Crippen LogP contribution in [0.25, 0.3) is 0 Å². The maximum atomic E-state index is 12.1. The molecule has 2 aromatic rings. The first-order chi connectivity index (χ1) is 10.4. The van der Waals surface area contributed by atoms with Gasteiger partial charge in [0.2, 0.25) is 0 Å². The van der Waals surface area contributed by atoms with Crippen molar-refractivity contribution >= 4 is 34.0 Å². The Bertz CT molecular complexity index is 756. The van der Waals surface area contributed by atoms with Crippen LogP contribution < -0.4 is 5.32 Å². The number of aryl methyl sites for hydroxylation is 1. The van der Waals surface area contributed by atoms with Crippen molar-refractivity contribution in [1.82, 2.24) is 4.98 Å². The molecule has 1 amide bonds. The summed E-state index contributed by atoms with van der Waals surface area (Å²) in [6.07, 6.45) is 1.59. The van der Waals surface area contributed by atoms with Crippen molar-refractivity contribution in [3.8, 4) is 0 Å². The van der Waals surface area contributed by atoms with E-state index in [1.54, 1.807) is 6.20 Å². The van der Waals surface area contributed by atoms with E-state index in [0.717, 1.165) is 24.1 Å². The van der Waals surface area contributed by atoms with Gasteiger partial charge < -0.3 is 4.74 Å². The van der Waals surface area contributed by atoms with E-state index in [9.17, 15) is 19.7 Å². The summed E-state index contributed by atoms with van der Waals surface area (Å²) >= 11 is 1.27. The summed E-state index contributed by atoms with van der Waals surface area (Å²) < 4.78 is 4.52. The van der Waals surface area contributed by atoms with Gasteiger partial charge in [-0.3, -0.25) is 20.2 Å². The number of thiazole rings is 1. The van der Waals surface area contributed by atoms with Crippen molar-refractivity contribution in [3.63, 3.8) is 0 Å². The Balaban J connectivity index is 2.36. The first-order valence-electron chi connectivity index (χ1n) is 6.02. The molecule has 1 aromatic carbocycles. The number of hydrogen-bond donors (Lipinski definition) is 1. The number of anilines is 1. The second-order valence-corrected chi connectivity index (χ2v) is 5.48. The molecule has 0 aliphatic rings. The Morgan fingerprint density at radius 3 is 2.55 bits per heavy atom. The fourth-order valence-corrected chi connectivity index (χ4v) is 2.32. The highest BCUT2D eigenvalue weighted by Crippen LogP contribution is 2.21. The fraction of sp³-hybridized carbons (Fsp3) is 0.154. The zero-order valence-electron chi connectivity index (χ0n) is 11.7. The highest BCUT2D eigenvalue weighted by Gasteiger charge is 2.19. The van der Waals surface area contributed by atoms with Gasteiger partial charge in [-0.05, 0) is 13.0 Å². The van der Waals surface area contributed by atoms with Crippen LogP contribution >= 0.6 is 11.3 Å². The third-order valence-electron chi connectivity index (χ3n) is 2.65. The molecular formula is C13H11N3O5S. The summed E-state index contributed by atoms with van der Waals surface area (Å²) in [5.41, 5.74) is -0.469. The van der Waals surface area contributed by atoms with Crippen LogP contribution in [0.15, 0.2) is 24.4 Å². The van der Waals surface area contributed by atoms with Gasteiger partial charge in [-0.1, -0.05) is 0 Å². The lowest BCUT2D eigenvalue weighted by Crippen LogP contribution is -2.13. The van der Waals surface area contributed by atoms with Crippen LogP contribution in [-0.4, -0.2) is 28.9 Å². The Kier molecular flexibility index (Phi) is 4.47. The van der Waals surface area contributed by atoms with Gasteiger partial charge in [0.1, 0.15) is 0 Å². The fourth-order valence-electron chi connectivity index (χ4n) is 1.67. The summed E-state index contributed by atoms with van der Waals surface area (Å²) in [4.78, 5) is 38.8. The monoisotopic (exact) mass is 321 g/mol. The largest absolute Gasteiger partial charge is 0.465 e. The lowest BCUT2D eigenvalue weighted by Gasteiger charge is -2.05. The average Bonchev–Trinajstić information content (AvgIpc) is 2.90. The molecule has 0 saturated carbocycles. The maximum absolute atomic E-state index is 12.1. The molecule has 0 aliphatic heterocycles. The van der Waals surface area contributed by atoms with Gasteiger partial charge in [-0.25, -0.2) is 9.78 Å². The van der Waals surface area contributed by atoms with Crippen molar-refractivity contribution in [2.24, 2.45) is 0 Å². The van der Waals surface area contributed by atoms with Gasteiger partial charge in [-0.15, -0.1) is 11.3 Å². The van der Waals surface area contributed by atoms with Crippen LogP contribution in [0.5, 0.6) is 0 Å². The Hall–Kier alpha value is -2.81. The van der Waals surface area contributed by atoms with Gasteiger partial charge in [-0.2, -0.15) is 0 Å². The van der Waals surface area contributed by atoms with E-state index in [-0.39, 0.29) is 16.8 Å². The number of nitrogens with one attached hydrogen (secondary N) is 1. The Labute approximate surface area is 128 Å². The second kappa shape index (κ2) is 6.31. The zero-order valence-corrected chi connectivity index (χ0v) is 12.5. The van der Waals surface area contributed by atoms with E-state index in [4.69, 9.17) is 0 Å². The van der Waals surface area contributed by atoms with Crippen molar-refractivity contribution < 1.29 is 19.2 Å². The first kappa shape index (κ1) is 15.6. The van der Waals surface area contributed by atoms with Gasteiger partial charge in [0.15, 0.2) is 5.13 Å². The number of ether oxygens (including phenoxy) is 1. The molecule has 0 fully saturated rings. The molecule has 0 aliphatic carbocycles. The Morgan fingerprint density at radius 2 is 2.00 bits per heavy atom. The number of nitro groups is 1. The molecule has 22 heavy (non-hydrogen) atoms. The number of methoxy groups -OCH3 is 1. The maximum Gasteiger partial charge on any atom is 0.338 e. The normalized spacial score (nSPS) is 10.1. The SMILES string of the molecule is COC(=O)c1cc(C(=O)Nc2ncc(C)s2)cc([N+](=O)[O-])c1. The van der Waals surface area contributed by atoms with Gasteiger partial charge in [0.25, 0.3) is 11.6 Å². The van der Waals surface area contributed by atoms with Crippen molar-refractivity contribution in [2.45, 2.75) is 6.92 Å². The predicted molar refractivity (Wildman–Crippen MR) is 79.2 cm³/mol. The van der Waals surface area contributed by atoms with E-state index < -0.39 is 16.8 Å². The molecule has 1 heterocycles. The minimum absolute atomic E-state index is 0.0255. The van der Waals surface area contributed by atoms with E-state index >= 15 is 0 Å². The van der Waals surface area contributed by atoms with Crippen LogP contribution in [0.2, 0.25) is 0 Å². The smallest absolute Gasteiger partial charge is 0.338 e. The topological polar surface area (TPSA) is 111 Å². The van der Waals surface area contributed by atoms with Gasteiger partial charge in [0.05, 0.1) is 17.6 Å². The second-order valence-electron chi connectivity index (χ2n) is 4.25. The summed E-state index contributed by atoms with van der Waals surface area (Å²) in [5.74, 6) is -1.36. The minimum Gasteiger partial charge on any atom is -0.465 e. The number of nitro benzene ring substituents is 1. The summed E-state index contributed by atoms with van der Waals surface area (Å²) in [6.45, 7) is 1.83. The number of aromatic nitrogens is 1. The molecule has 0 bridgehead atoms. The molecule has 2 rings (SSSR count). The molecule has 0 saturated heterocycles. The number of esters is 1. The molecule has 0 unspecified atom stereocenters. The van der Waals surface area contributed by atoms with Crippen LogP contribution in [-0.2, 0) is 4.74 Å². The zero-order chi connectivity index (χ0) is 16.3. The molecule has 1 aromatic heterocycles. The van der Waals surface area contributed by atoms with E-state index in [0.29, 0.717) is 5.13 Å². The minimum atomic E-state index is -0.761. The van der Waals surface area contributed by atoms with E-state index in [1.165, 1.54) is 17.4 Å². The number of rotatable bonds is 4. The highest BCUT2D eigenvalue weighted by molar-refractivity contribution is 7.15. The molecule has 0 radical (unpaired) electrons. The quantitative estimate of drug-likeness (QED) is 0.526. The lowest BCUT2D eigenvalue weighted by atomic mass is 10.1. The van der Waals surface area contributed by atoms with Crippen LogP contribution in [0.3, 0.4) is 0 Å². The highest BCUT2D eigenvalue weighted by atomic mass is 32.1. The molecule has 114 valence electrons. The van der Waals surface area contributed by atoms with Crippen LogP contribution in [0.1, 0.15) is 25.6 Å². The molecule has 1 N–H and O–H groups in total. The predicted octanol–water partition coefficient (Wildman–Crippen LogP) is 2.40. The average molecular weight is 321 g/mol. The lowest BCUT2D eigenvalue weighted by molar-refractivity contribution is -0.384. The summed E-state index contributed by atoms with van der Waals surface area (Å²) in [5, 5.41) is 13.8. The molecular weight excluding hydrogens is 310 g/mol. The first-order valence-corrected chi connectivity index (χ1v) is 6.84. The van der Waals surface area contributed by atoms with E-state index in [1.807, 2.05) is 6.92 Å². The third kappa shape index (κ3) is 3.44. The van der Waals surface area contributed by atoms with Gasteiger partial charge in [0, 0.05) is 28.8 Å².